The monoisotopic (exact) mass is 280 g/mol. The summed E-state index contributed by atoms with van der Waals surface area (Å²) in [6.45, 7) is 0. The van der Waals surface area contributed by atoms with Gasteiger partial charge in [-0.2, -0.15) is 0 Å². The zero-order valence-corrected chi connectivity index (χ0v) is 8.89. The van der Waals surface area contributed by atoms with Crippen LogP contribution in [0.5, 0.6) is 0 Å². The van der Waals surface area contributed by atoms with E-state index in [9.17, 15) is 14.0 Å². The van der Waals surface area contributed by atoms with Crippen LogP contribution in [0.25, 0.3) is 0 Å². The summed E-state index contributed by atoms with van der Waals surface area (Å²) in [7, 11) is 0. The van der Waals surface area contributed by atoms with Gasteiger partial charge in [0.05, 0.1) is 9.50 Å². The molecule has 0 spiro atoms. The number of rotatable bonds is 2. The molecule has 74 valence electrons. The molecule has 0 saturated carbocycles. The molecule has 1 aromatic rings. The maximum Gasteiger partial charge on any atom is 0.377 e. The molecule has 0 aliphatic carbocycles. The zero-order valence-electron chi connectivity index (χ0n) is 6.55. The minimum Gasteiger partial charge on any atom is -0.475 e. The second-order valence-corrected chi connectivity index (χ2v) is 3.59. The van der Waals surface area contributed by atoms with Gasteiger partial charge in [0.1, 0.15) is 5.82 Å². The van der Waals surface area contributed by atoms with E-state index >= 15 is 0 Å². The van der Waals surface area contributed by atoms with E-state index < -0.39 is 17.6 Å². The molecule has 0 bridgehead atoms. The Hall–Kier alpha value is -0.940. The average molecular weight is 281 g/mol. The van der Waals surface area contributed by atoms with E-state index in [-0.39, 0.29) is 15.1 Å². The van der Waals surface area contributed by atoms with Crippen LogP contribution < -0.4 is 0 Å². The van der Waals surface area contributed by atoms with E-state index in [0.29, 0.717) is 0 Å². The molecule has 14 heavy (non-hydrogen) atoms. The van der Waals surface area contributed by atoms with Crippen molar-refractivity contribution >= 4 is 39.3 Å². The van der Waals surface area contributed by atoms with Crippen molar-refractivity contribution in [1.29, 1.82) is 0 Å². The van der Waals surface area contributed by atoms with Gasteiger partial charge in [-0.25, -0.2) is 9.18 Å². The van der Waals surface area contributed by atoms with Gasteiger partial charge in [-0.3, -0.25) is 4.79 Å². The van der Waals surface area contributed by atoms with Crippen LogP contribution >= 0.6 is 27.5 Å². The summed E-state index contributed by atoms with van der Waals surface area (Å²) in [5.74, 6) is -3.62. The SMILES string of the molecule is O=C(O)C(=O)c1cc(F)c(Br)c(Cl)c1. The van der Waals surface area contributed by atoms with E-state index in [1.807, 2.05) is 0 Å². The topological polar surface area (TPSA) is 54.4 Å². The fraction of sp³-hybridized carbons (Fsp3) is 0. The fourth-order valence-corrected chi connectivity index (χ4v) is 1.25. The summed E-state index contributed by atoms with van der Waals surface area (Å²) < 4.78 is 13.0. The Labute approximate surface area is 91.6 Å². The van der Waals surface area contributed by atoms with E-state index in [4.69, 9.17) is 16.7 Å². The lowest BCUT2D eigenvalue weighted by Crippen LogP contribution is -2.12. The van der Waals surface area contributed by atoms with Crippen LogP contribution in [0.15, 0.2) is 16.6 Å². The number of benzene rings is 1. The molecule has 0 fully saturated rings. The van der Waals surface area contributed by atoms with Crippen LogP contribution in [0.4, 0.5) is 4.39 Å². The first-order chi connectivity index (χ1) is 6.43. The number of ketones is 1. The minimum atomic E-state index is -1.65. The van der Waals surface area contributed by atoms with E-state index in [1.54, 1.807) is 0 Å². The zero-order chi connectivity index (χ0) is 10.9. The van der Waals surface area contributed by atoms with Gasteiger partial charge in [0, 0.05) is 5.56 Å². The summed E-state index contributed by atoms with van der Waals surface area (Å²) in [6, 6.07) is 1.90. The highest BCUT2D eigenvalue weighted by atomic mass is 79.9. The number of carbonyl (C=O) groups excluding carboxylic acids is 1. The van der Waals surface area contributed by atoms with Gasteiger partial charge in [0.2, 0.25) is 0 Å². The Morgan fingerprint density at radius 3 is 2.43 bits per heavy atom. The van der Waals surface area contributed by atoms with Gasteiger partial charge >= 0.3 is 5.97 Å². The molecule has 0 aliphatic rings. The molecule has 0 aliphatic heterocycles. The Kier molecular flexibility index (Phi) is 3.23. The normalized spacial score (nSPS) is 9.93. The van der Waals surface area contributed by atoms with Crippen LogP contribution in [-0.2, 0) is 4.79 Å². The van der Waals surface area contributed by atoms with Crippen molar-refractivity contribution in [2.45, 2.75) is 0 Å². The van der Waals surface area contributed by atoms with E-state index in [2.05, 4.69) is 15.9 Å². The molecule has 0 amide bonds. The molecule has 3 nitrogen and oxygen atoms in total. The molecule has 1 rings (SSSR count). The van der Waals surface area contributed by atoms with Crippen molar-refractivity contribution in [1.82, 2.24) is 0 Å². The van der Waals surface area contributed by atoms with Gasteiger partial charge in [-0.05, 0) is 28.1 Å². The van der Waals surface area contributed by atoms with Crippen LogP contribution in [0, 0.1) is 5.82 Å². The summed E-state index contributed by atoms with van der Waals surface area (Å²) in [5, 5.41) is 8.31. The lowest BCUT2D eigenvalue weighted by Gasteiger charge is -2.00. The summed E-state index contributed by atoms with van der Waals surface area (Å²) in [6.07, 6.45) is 0. The summed E-state index contributed by atoms with van der Waals surface area (Å²) >= 11 is 8.37. The summed E-state index contributed by atoms with van der Waals surface area (Å²) in [4.78, 5) is 21.2. The smallest absolute Gasteiger partial charge is 0.377 e. The molecule has 0 saturated heterocycles. The second kappa shape index (κ2) is 4.06. The number of halogens is 3. The predicted octanol–water partition coefficient (Wildman–Crippen LogP) is 2.51. The third kappa shape index (κ3) is 2.10. The highest BCUT2D eigenvalue weighted by molar-refractivity contribution is 9.10. The number of hydrogen-bond acceptors (Lipinski definition) is 2. The maximum absolute atomic E-state index is 13.0. The van der Waals surface area contributed by atoms with Crippen LogP contribution in [0.3, 0.4) is 0 Å². The Morgan fingerprint density at radius 2 is 2.00 bits per heavy atom. The van der Waals surface area contributed by atoms with Crippen molar-refractivity contribution in [2.75, 3.05) is 0 Å². The Morgan fingerprint density at radius 1 is 1.43 bits per heavy atom. The van der Waals surface area contributed by atoms with Gasteiger partial charge in [0.15, 0.2) is 0 Å². The molecular formula is C8H3BrClFO3. The average Bonchev–Trinajstić information content (AvgIpc) is 2.12. The Bertz CT molecular complexity index is 396. The van der Waals surface area contributed by atoms with Crippen LogP contribution in [0.1, 0.15) is 10.4 Å². The van der Waals surface area contributed by atoms with Crippen molar-refractivity contribution in [3.05, 3.63) is 33.0 Å². The van der Waals surface area contributed by atoms with Crippen molar-refractivity contribution in [3.63, 3.8) is 0 Å². The van der Waals surface area contributed by atoms with Crippen molar-refractivity contribution in [3.8, 4) is 0 Å². The molecule has 0 atom stereocenters. The number of carboxylic acids is 1. The van der Waals surface area contributed by atoms with E-state index in [0.717, 1.165) is 12.1 Å². The van der Waals surface area contributed by atoms with Crippen LogP contribution in [0.2, 0.25) is 5.02 Å². The van der Waals surface area contributed by atoms with Crippen molar-refractivity contribution < 1.29 is 19.1 Å². The molecule has 0 aromatic heterocycles. The quantitative estimate of drug-likeness (QED) is 0.515. The molecule has 1 aromatic carbocycles. The number of carboxylic acid groups (broad SMARTS) is 1. The van der Waals surface area contributed by atoms with Gasteiger partial charge in [0.25, 0.3) is 5.78 Å². The van der Waals surface area contributed by atoms with Crippen LogP contribution in [-0.4, -0.2) is 16.9 Å². The highest BCUT2D eigenvalue weighted by Gasteiger charge is 2.17. The first-order valence-corrected chi connectivity index (χ1v) is 4.52. The fourth-order valence-electron chi connectivity index (χ4n) is 0.810. The molecule has 0 radical (unpaired) electrons. The predicted molar refractivity (Wildman–Crippen MR) is 51.1 cm³/mol. The number of Topliss-reactive ketones (excluding diaryl/α,β-unsaturated/α-hetero) is 1. The maximum atomic E-state index is 13.0. The number of aliphatic carboxylic acids is 1. The lowest BCUT2D eigenvalue weighted by atomic mass is 10.1. The summed E-state index contributed by atoms with van der Waals surface area (Å²) in [5.41, 5.74) is -0.289. The number of hydrogen-bond donors (Lipinski definition) is 1. The molecule has 1 N–H and O–H groups in total. The Balaban J connectivity index is 3.26. The third-order valence-corrected chi connectivity index (χ3v) is 2.77. The second-order valence-electron chi connectivity index (χ2n) is 2.39. The first-order valence-electron chi connectivity index (χ1n) is 3.35. The molecule has 0 unspecified atom stereocenters. The first kappa shape index (κ1) is 11.1. The standard InChI is InChI=1S/C8H3BrClFO3/c9-6-4(10)1-3(2-5(6)11)7(12)8(13)14/h1-2H,(H,13,14). The molecular weight excluding hydrogens is 278 g/mol. The largest absolute Gasteiger partial charge is 0.475 e. The van der Waals surface area contributed by atoms with Gasteiger partial charge in [-0.1, -0.05) is 11.6 Å². The highest BCUT2D eigenvalue weighted by Crippen LogP contribution is 2.26. The van der Waals surface area contributed by atoms with Gasteiger partial charge in [-0.15, -0.1) is 0 Å². The number of carbonyl (C=O) groups is 2. The lowest BCUT2D eigenvalue weighted by molar-refractivity contribution is -0.131. The van der Waals surface area contributed by atoms with Crippen molar-refractivity contribution in [2.24, 2.45) is 0 Å². The third-order valence-electron chi connectivity index (χ3n) is 1.44. The van der Waals surface area contributed by atoms with E-state index in [1.165, 1.54) is 0 Å². The molecule has 0 heterocycles. The van der Waals surface area contributed by atoms with Gasteiger partial charge < -0.3 is 5.11 Å². The molecule has 6 heteroatoms. The minimum absolute atomic E-state index is 0.00102.